The Hall–Kier alpha value is -2.41. The molecule has 0 bridgehead atoms. The third-order valence-electron chi connectivity index (χ3n) is 7.06. The zero-order chi connectivity index (χ0) is 25.3. The number of nitrogens with zero attached hydrogens (tertiary/aromatic N) is 3. The van der Waals surface area contributed by atoms with Crippen LogP contribution in [-0.2, 0) is 9.59 Å². The first kappa shape index (κ1) is 25.7. The number of rotatable bonds is 10. The monoisotopic (exact) mass is 500 g/mol. The minimum Gasteiger partial charge on any atom is -0.481 e. The van der Waals surface area contributed by atoms with E-state index in [0.717, 1.165) is 42.9 Å². The van der Waals surface area contributed by atoms with Gasteiger partial charge in [0.05, 0.1) is 10.7 Å². The van der Waals surface area contributed by atoms with Crippen LogP contribution in [0.2, 0.25) is 5.02 Å². The molecule has 2 aliphatic carbocycles. The van der Waals surface area contributed by atoms with Gasteiger partial charge in [0.1, 0.15) is 11.6 Å². The van der Waals surface area contributed by atoms with Crippen LogP contribution in [-0.4, -0.2) is 31.7 Å². The highest BCUT2D eigenvalue weighted by atomic mass is 35.5. The lowest BCUT2D eigenvalue weighted by Gasteiger charge is -2.38. The van der Waals surface area contributed by atoms with Crippen LogP contribution in [0.3, 0.4) is 0 Å². The van der Waals surface area contributed by atoms with E-state index in [4.69, 9.17) is 11.6 Å². The van der Waals surface area contributed by atoms with Gasteiger partial charge >= 0.3 is 5.97 Å². The smallest absolute Gasteiger partial charge is 0.303 e. The zero-order valence-electron chi connectivity index (χ0n) is 21.2. The van der Waals surface area contributed by atoms with Crippen molar-refractivity contribution in [2.24, 2.45) is 11.3 Å². The van der Waals surface area contributed by atoms with Crippen LogP contribution in [0.25, 0.3) is 0 Å². The molecule has 2 N–H and O–H groups in total. The number of aliphatic carboxylic acids is 1. The van der Waals surface area contributed by atoms with Crippen molar-refractivity contribution in [3.63, 3.8) is 0 Å². The van der Waals surface area contributed by atoms with Crippen molar-refractivity contribution in [3.05, 3.63) is 40.4 Å². The average molecular weight is 501 g/mol. The summed E-state index contributed by atoms with van der Waals surface area (Å²) in [5.41, 5.74) is 1.89. The molecule has 1 aromatic heterocycles. The van der Waals surface area contributed by atoms with Crippen LogP contribution >= 0.6 is 11.6 Å². The van der Waals surface area contributed by atoms with Crippen LogP contribution in [0.4, 0.5) is 5.69 Å². The molecule has 2 saturated carbocycles. The second kappa shape index (κ2) is 10.3. The Bertz CT molecular complexity index is 1080. The maximum absolute atomic E-state index is 13.0. The number of amides is 1. The standard InChI is InChI=1S/C27H37ClN4O3/c1-16-5-9-22(21(28)11-16)29-23(33)14-18(6-10-24(34)35)25-30-31-26(32(25)20-7-8-20)19-12-17(13-19)15-27(2,3)4/h5,9,11,17-20H,6-8,10,12-15H2,1-4H3,(H,29,33)(H,34,35)/t17-,18-,19+/m0/s1. The van der Waals surface area contributed by atoms with Crippen LogP contribution in [0.15, 0.2) is 18.2 Å². The van der Waals surface area contributed by atoms with Crippen molar-refractivity contribution in [1.29, 1.82) is 0 Å². The summed E-state index contributed by atoms with van der Waals surface area (Å²) >= 11 is 6.30. The average Bonchev–Trinajstić information content (AvgIpc) is 3.47. The van der Waals surface area contributed by atoms with Crippen molar-refractivity contribution in [3.8, 4) is 0 Å². The number of carbonyl (C=O) groups excluding carboxylic acids is 1. The molecule has 1 amide bonds. The predicted molar refractivity (Wildman–Crippen MR) is 137 cm³/mol. The normalized spacial score (nSPS) is 20.8. The van der Waals surface area contributed by atoms with Gasteiger partial charge < -0.3 is 15.0 Å². The summed E-state index contributed by atoms with van der Waals surface area (Å²) < 4.78 is 2.25. The van der Waals surface area contributed by atoms with Crippen LogP contribution in [0.5, 0.6) is 0 Å². The number of halogens is 1. The summed E-state index contributed by atoms with van der Waals surface area (Å²) in [6.45, 7) is 8.79. The van der Waals surface area contributed by atoms with Gasteiger partial charge in [-0.2, -0.15) is 0 Å². The minimum atomic E-state index is -0.876. The van der Waals surface area contributed by atoms with Crippen molar-refractivity contribution in [2.45, 2.75) is 96.9 Å². The van der Waals surface area contributed by atoms with Gasteiger partial charge in [0.15, 0.2) is 0 Å². The number of nitrogens with one attached hydrogen (secondary N) is 1. The number of aromatic nitrogens is 3. The van der Waals surface area contributed by atoms with E-state index in [2.05, 4.69) is 40.9 Å². The SMILES string of the molecule is Cc1ccc(NC(=O)C[C@H](CCC(=O)O)c2nnc([C@H]3C[C@@H](CC(C)(C)C)C3)n2C2CC2)c(Cl)c1. The highest BCUT2D eigenvalue weighted by Crippen LogP contribution is 2.49. The molecule has 0 spiro atoms. The van der Waals surface area contributed by atoms with E-state index in [9.17, 15) is 14.7 Å². The van der Waals surface area contributed by atoms with Gasteiger partial charge in [0.2, 0.25) is 5.91 Å². The van der Waals surface area contributed by atoms with Gasteiger partial charge in [0, 0.05) is 30.7 Å². The molecule has 1 atom stereocenters. The van der Waals surface area contributed by atoms with E-state index >= 15 is 0 Å². The Morgan fingerprint density at radius 3 is 2.54 bits per heavy atom. The fourth-order valence-electron chi connectivity index (χ4n) is 5.33. The molecule has 4 rings (SSSR count). The van der Waals surface area contributed by atoms with E-state index in [-0.39, 0.29) is 24.7 Å². The van der Waals surface area contributed by atoms with Crippen LogP contribution in [0.1, 0.15) is 107 Å². The van der Waals surface area contributed by atoms with E-state index in [0.29, 0.717) is 40.4 Å². The summed E-state index contributed by atoms with van der Waals surface area (Å²) in [5.74, 6) is 1.49. The predicted octanol–water partition coefficient (Wildman–Crippen LogP) is 6.48. The topological polar surface area (TPSA) is 97.1 Å². The number of hydrogen-bond acceptors (Lipinski definition) is 4. The highest BCUT2D eigenvalue weighted by molar-refractivity contribution is 6.33. The quantitative estimate of drug-likeness (QED) is 0.389. The molecule has 0 radical (unpaired) electrons. The number of anilines is 1. The van der Waals surface area contributed by atoms with Crippen molar-refractivity contribution in [1.82, 2.24) is 14.8 Å². The molecule has 2 aliphatic rings. The number of carboxylic acid groups (broad SMARTS) is 1. The van der Waals surface area contributed by atoms with Gasteiger partial charge in [0.25, 0.3) is 0 Å². The van der Waals surface area contributed by atoms with Gasteiger partial charge in [-0.05, 0) is 74.5 Å². The van der Waals surface area contributed by atoms with E-state index < -0.39 is 5.97 Å². The van der Waals surface area contributed by atoms with Crippen LogP contribution in [0, 0.1) is 18.3 Å². The lowest BCUT2D eigenvalue weighted by atomic mass is 9.68. The fourth-order valence-corrected chi connectivity index (χ4v) is 5.61. The third-order valence-corrected chi connectivity index (χ3v) is 7.38. The molecule has 8 heteroatoms. The summed E-state index contributed by atoms with van der Waals surface area (Å²) in [4.78, 5) is 24.4. The van der Waals surface area contributed by atoms with E-state index in [1.807, 2.05) is 13.0 Å². The van der Waals surface area contributed by atoms with Gasteiger partial charge in [-0.3, -0.25) is 9.59 Å². The molecular formula is C27H37ClN4O3. The number of carbonyl (C=O) groups is 2. The maximum atomic E-state index is 13.0. The Kier molecular flexibility index (Phi) is 7.55. The van der Waals surface area contributed by atoms with Crippen LogP contribution < -0.4 is 5.32 Å². The molecule has 0 unspecified atom stereocenters. The molecule has 190 valence electrons. The molecule has 35 heavy (non-hydrogen) atoms. The first-order valence-electron chi connectivity index (χ1n) is 12.7. The molecular weight excluding hydrogens is 464 g/mol. The third kappa shape index (κ3) is 6.63. The second-order valence-electron chi connectivity index (χ2n) is 11.7. The van der Waals surface area contributed by atoms with Crippen molar-refractivity contribution < 1.29 is 14.7 Å². The van der Waals surface area contributed by atoms with Crippen molar-refractivity contribution in [2.75, 3.05) is 5.32 Å². The summed E-state index contributed by atoms with van der Waals surface area (Å²) in [6.07, 6.45) is 6.05. The number of carboxylic acids is 1. The minimum absolute atomic E-state index is 0.0207. The molecule has 1 aromatic carbocycles. The molecule has 7 nitrogen and oxygen atoms in total. The Balaban J connectivity index is 1.51. The summed E-state index contributed by atoms with van der Waals surface area (Å²) in [7, 11) is 0. The van der Waals surface area contributed by atoms with Gasteiger partial charge in [-0.25, -0.2) is 0 Å². The zero-order valence-corrected chi connectivity index (χ0v) is 21.9. The maximum Gasteiger partial charge on any atom is 0.303 e. The summed E-state index contributed by atoms with van der Waals surface area (Å²) in [6, 6.07) is 5.85. The molecule has 2 aromatic rings. The van der Waals surface area contributed by atoms with E-state index in [1.54, 1.807) is 12.1 Å². The first-order valence-corrected chi connectivity index (χ1v) is 13.1. The summed E-state index contributed by atoms with van der Waals surface area (Å²) in [5, 5.41) is 21.9. The first-order chi connectivity index (χ1) is 16.5. The Labute approximate surface area is 212 Å². The van der Waals surface area contributed by atoms with Gasteiger partial charge in [-0.15, -0.1) is 10.2 Å². The second-order valence-corrected chi connectivity index (χ2v) is 12.1. The Morgan fingerprint density at radius 1 is 1.23 bits per heavy atom. The molecule has 1 heterocycles. The van der Waals surface area contributed by atoms with Crippen molar-refractivity contribution >= 4 is 29.2 Å². The van der Waals surface area contributed by atoms with E-state index in [1.165, 1.54) is 6.42 Å². The molecule has 0 saturated heterocycles. The fraction of sp³-hybridized carbons (Fsp3) is 0.630. The largest absolute Gasteiger partial charge is 0.481 e. The Morgan fingerprint density at radius 2 is 1.94 bits per heavy atom. The number of hydrogen-bond donors (Lipinski definition) is 2. The molecule has 0 aliphatic heterocycles. The highest BCUT2D eigenvalue weighted by Gasteiger charge is 2.40. The number of benzene rings is 1. The lowest BCUT2D eigenvalue weighted by molar-refractivity contribution is -0.137. The number of aryl methyl sites for hydroxylation is 1. The van der Waals surface area contributed by atoms with Gasteiger partial charge in [-0.1, -0.05) is 38.4 Å². The molecule has 2 fully saturated rings. The lowest BCUT2D eigenvalue weighted by Crippen LogP contribution is -2.28.